The fourth-order valence-electron chi connectivity index (χ4n) is 2.26. The third-order valence-corrected chi connectivity index (χ3v) is 4.11. The van der Waals surface area contributed by atoms with Gasteiger partial charge in [-0.05, 0) is 17.9 Å². The molecule has 1 aromatic heterocycles. The van der Waals surface area contributed by atoms with Crippen molar-refractivity contribution >= 4 is 35.5 Å². The molecule has 0 radical (unpaired) electrons. The first-order chi connectivity index (χ1) is 12.7. The van der Waals surface area contributed by atoms with E-state index in [-0.39, 0.29) is 36.1 Å². The van der Waals surface area contributed by atoms with E-state index >= 15 is 0 Å². The second-order valence-electron chi connectivity index (χ2n) is 5.37. The molecule has 144 valence electrons. The number of anilines is 2. The highest BCUT2D eigenvalue weighted by Crippen LogP contribution is 2.29. The zero-order valence-corrected chi connectivity index (χ0v) is 14.9. The Morgan fingerprint density at radius 2 is 2.15 bits per heavy atom. The van der Waals surface area contributed by atoms with Gasteiger partial charge in [-0.1, -0.05) is 23.4 Å². The quantitative estimate of drug-likeness (QED) is 0.216. The van der Waals surface area contributed by atoms with Crippen LogP contribution in [0.1, 0.15) is 16.7 Å². The van der Waals surface area contributed by atoms with Crippen molar-refractivity contribution in [1.82, 2.24) is 9.97 Å². The lowest BCUT2D eigenvalue weighted by atomic mass is 10.1. The van der Waals surface area contributed by atoms with Crippen molar-refractivity contribution in [1.29, 1.82) is 0 Å². The minimum Gasteiger partial charge on any atom is -0.411 e. The number of nitrogen functional groups attached to an aromatic ring is 1. The molecule has 2 rings (SSSR count). The van der Waals surface area contributed by atoms with E-state index in [0.29, 0.717) is 10.6 Å². The first-order valence-electron chi connectivity index (χ1n) is 7.55. The summed E-state index contributed by atoms with van der Waals surface area (Å²) < 4.78 is 38.2. The number of ketones is 1. The number of oxime groups is 1. The van der Waals surface area contributed by atoms with Crippen molar-refractivity contribution in [3.63, 3.8) is 0 Å². The average molecular weight is 399 g/mol. The van der Waals surface area contributed by atoms with Crippen LogP contribution in [-0.2, 0) is 17.4 Å². The van der Waals surface area contributed by atoms with Crippen LogP contribution < -0.4 is 11.1 Å². The lowest BCUT2D eigenvalue weighted by Gasteiger charge is -2.11. The number of Topliss-reactive ketones (excluding diaryl/α,β-unsaturated/α-hetero) is 1. The minimum absolute atomic E-state index is 0.0396. The number of nitrogens with one attached hydrogen (secondary N) is 1. The molecule has 0 atom stereocenters. The van der Waals surface area contributed by atoms with Crippen LogP contribution in [0.3, 0.4) is 0 Å². The molecule has 11 heteroatoms. The zero-order valence-electron chi connectivity index (χ0n) is 14.1. The third kappa shape index (κ3) is 5.58. The summed E-state index contributed by atoms with van der Waals surface area (Å²) in [4.78, 5) is 20.1. The normalized spacial score (nSPS) is 11.7. The first-order valence-corrected chi connectivity index (χ1v) is 8.77. The SMILES string of the molecule is CSc1nc(N)nc(NCC(=O)Cc2cccc(C(F)(F)F)c2)c1/C=N\O. The number of halogens is 3. The molecule has 0 bridgehead atoms. The molecule has 0 aliphatic carbocycles. The maximum atomic E-state index is 12.7. The van der Waals surface area contributed by atoms with Crippen LogP contribution in [0.25, 0.3) is 0 Å². The predicted molar refractivity (Wildman–Crippen MR) is 96.3 cm³/mol. The number of rotatable bonds is 7. The number of hydrogen-bond acceptors (Lipinski definition) is 8. The number of carbonyl (C=O) groups excluding carboxylic acids is 1. The van der Waals surface area contributed by atoms with Crippen LogP contribution >= 0.6 is 11.8 Å². The number of alkyl halides is 3. The Hall–Kier alpha value is -2.82. The molecule has 2 aromatic rings. The lowest BCUT2D eigenvalue weighted by Crippen LogP contribution is -2.19. The van der Waals surface area contributed by atoms with Gasteiger partial charge >= 0.3 is 6.18 Å². The van der Waals surface area contributed by atoms with Gasteiger partial charge < -0.3 is 16.3 Å². The number of aromatic nitrogens is 2. The second kappa shape index (κ2) is 8.71. The standard InChI is InChI=1S/C16H16F3N5O2S/c1-27-14-12(8-22-26)13(23-15(20)24-14)21-7-11(25)6-9-3-2-4-10(5-9)16(17,18)19/h2-5,8,26H,6-7H2,1H3,(H3,20,21,23,24)/b22-8-. The Bertz CT molecular complexity index is 858. The molecule has 0 saturated carbocycles. The molecule has 7 nitrogen and oxygen atoms in total. The van der Waals surface area contributed by atoms with Gasteiger partial charge in [-0.25, -0.2) is 4.98 Å². The van der Waals surface area contributed by atoms with E-state index in [1.807, 2.05) is 0 Å². The summed E-state index contributed by atoms with van der Waals surface area (Å²) >= 11 is 1.24. The van der Waals surface area contributed by atoms with Crippen molar-refractivity contribution in [2.75, 3.05) is 23.9 Å². The van der Waals surface area contributed by atoms with Crippen molar-refractivity contribution in [3.8, 4) is 0 Å². The van der Waals surface area contributed by atoms with Crippen molar-refractivity contribution in [2.45, 2.75) is 17.6 Å². The molecule has 1 heterocycles. The molecule has 27 heavy (non-hydrogen) atoms. The van der Waals surface area contributed by atoms with Crippen LogP contribution in [-0.4, -0.2) is 40.0 Å². The van der Waals surface area contributed by atoms with E-state index in [1.54, 1.807) is 6.26 Å². The van der Waals surface area contributed by atoms with Crippen LogP contribution in [0.2, 0.25) is 0 Å². The lowest BCUT2D eigenvalue weighted by molar-refractivity contribution is -0.137. The zero-order chi connectivity index (χ0) is 20.0. The summed E-state index contributed by atoms with van der Waals surface area (Å²) in [5.41, 5.74) is 5.39. The Kier molecular flexibility index (Phi) is 6.61. The predicted octanol–water partition coefficient (Wildman–Crippen LogP) is 2.83. The van der Waals surface area contributed by atoms with Crippen LogP contribution in [0.5, 0.6) is 0 Å². The van der Waals surface area contributed by atoms with Gasteiger partial charge in [0, 0.05) is 6.42 Å². The molecule has 0 amide bonds. The van der Waals surface area contributed by atoms with E-state index < -0.39 is 11.7 Å². The van der Waals surface area contributed by atoms with E-state index in [0.717, 1.165) is 18.3 Å². The Balaban J connectivity index is 2.11. The topological polar surface area (TPSA) is 113 Å². The highest BCUT2D eigenvalue weighted by Gasteiger charge is 2.30. The molecular weight excluding hydrogens is 383 g/mol. The fourth-order valence-corrected chi connectivity index (χ4v) is 2.81. The molecule has 0 aliphatic rings. The number of benzene rings is 1. The molecule has 4 N–H and O–H groups in total. The molecule has 1 aromatic carbocycles. The Morgan fingerprint density at radius 1 is 1.41 bits per heavy atom. The third-order valence-electron chi connectivity index (χ3n) is 3.42. The molecule has 0 spiro atoms. The first kappa shape index (κ1) is 20.5. The molecular formula is C16H16F3N5O2S. The smallest absolute Gasteiger partial charge is 0.411 e. The fraction of sp³-hybridized carbons (Fsp3) is 0.250. The van der Waals surface area contributed by atoms with Crippen molar-refractivity contribution in [2.24, 2.45) is 5.16 Å². The van der Waals surface area contributed by atoms with Crippen LogP contribution in [0.4, 0.5) is 24.9 Å². The summed E-state index contributed by atoms with van der Waals surface area (Å²) in [5, 5.41) is 14.9. The largest absolute Gasteiger partial charge is 0.416 e. The van der Waals surface area contributed by atoms with Crippen molar-refractivity contribution in [3.05, 3.63) is 41.0 Å². The van der Waals surface area contributed by atoms with E-state index in [1.165, 1.54) is 23.9 Å². The summed E-state index contributed by atoms with van der Waals surface area (Å²) in [6, 6.07) is 4.59. The van der Waals surface area contributed by atoms with E-state index in [9.17, 15) is 18.0 Å². The number of thioether (sulfide) groups is 1. The Morgan fingerprint density at radius 3 is 2.78 bits per heavy atom. The van der Waals surface area contributed by atoms with E-state index in [2.05, 4.69) is 20.4 Å². The monoisotopic (exact) mass is 399 g/mol. The minimum atomic E-state index is -4.47. The van der Waals surface area contributed by atoms with E-state index in [4.69, 9.17) is 10.9 Å². The molecule has 0 fully saturated rings. The summed E-state index contributed by atoms with van der Waals surface area (Å²) in [7, 11) is 0. The van der Waals surface area contributed by atoms with Crippen LogP contribution in [0.15, 0.2) is 34.4 Å². The number of hydrogen-bond donors (Lipinski definition) is 3. The molecule has 0 unspecified atom stereocenters. The van der Waals surface area contributed by atoms with Gasteiger partial charge in [-0.3, -0.25) is 4.79 Å². The summed E-state index contributed by atoms with van der Waals surface area (Å²) in [6.07, 6.45) is -1.82. The average Bonchev–Trinajstić information content (AvgIpc) is 2.61. The van der Waals surface area contributed by atoms with Gasteiger partial charge in [0.05, 0.1) is 23.9 Å². The van der Waals surface area contributed by atoms with Gasteiger partial charge in [-0.2, -0.15) is 18.2 Å². The van der Waals surface area contributed by atoms with Gasteiger partial charge in [0.15, 0.2) is 5.78 Å². The number of carbonyl (C=O) groups is 1. The van der Waals surface area contributed by atoms with Gasteiger partial charge in [0.1, 0.15) is 10.8 Å². The maximum Gasteiger partial charge on any atom is 0.416 e. The Labute approximate surface area is 156 Å². The maximum absolute atomic E-state index is 12.7. The second-order valence-corrected chi connectivity index (χ2v) is 6.16. The van der Waals surface area contributed by atoms with Gasteiger partial charge in [-0.15, -0.1) is 11.8 Å². The van der Waals surface area contributed by atoms with Crippen LogP contribution in [0, 0.1) is 0 Å². The highest BCUT2D eigenvalue weighted by atomic mass is 32.2. The highest BCUT2D eigenvalue weighted by molar-refractivity contribution is 7.98. The number of nitrogens with two attached hydrogens (primary N) is 1. The summed E-state index contributed by atoms with van der Waals surface area (Å²) in [5.74, 6) is -0.214. The number of nitrogens with zero attached hydrogens (tertiary/aromatic N) is 3. The molecule has 0 saturated heterocycles. The molecule has 0 aliphatic heterocycles. The van der Waals surface area contributed by atoms with Gasteiger partial charge in [0.25, 0.3) is 0 Å². The van der Waals surface area contributed by atoms with Gasteiger partial charge in [0.2, 0.25) is 5.95 Å². The van der Waals surface area contributed by atoms with Crippen molar-refractivity contribution < 1.29 is 23.2 Å². The summed E-state index contributed by atoms with van der Waals surface area (Å²) in [6.45, 7) is -0.202.